The molecule has 0 aliphatic carbocycles. The number of anilines is 2. The van der Waals surface area contributed by atoms with E-state index < -0.39 is 0 Å². The molecule has 0 aliphatic rings. The number of para-hydroxylation sites is 1. The lowest BCUT2D eigenvalue weighted by molar-refractivity contribution is 0.832. The molecule has 2 rings (SSSR count). The largest absolute Gasteiger partial charge is 0.325 e. The third-order valence-corrected chi connectivity index (χ3v) is 3.19. The third kappa shape index (κ3) is 2.71. The van der Waals surface area contributed by atoms with Crippen molar-refractivity contribution in [3.05, 3.63) is 49.3 Å². The number of nitrogens with one attached hydrogen (secondary N) is 1. The first kappa shape index (κ1) is 11.8. The SMILES string of the molecule is C=CCn1ccnc1Nc1ccccc1SC. The van der Waals surface area contributed by atoms with Crippen LogP contribution in [0.1, 0.15) is 0 Å². The first-order chi connectivity index (χ1) is 8.35. The minimum atomic E-state index is 0.754. The number of nitrogens with zero attached hydrogens (tertiary/aromatic N) is 2. The van der Waals surface area contributed by atoms with E-state index in [9.17, 15) is 0 Å². The zero-order valence-electron chi connectivity index (χ0n) is 9.76. The van der Waals surface area contributed by atoms with Crippen molar-refractivity contribution in [3.8, 4) is 0 Å². The number of hydrogen-bond acceptors (Lipinski definition) is 3. The number of hydrogen-bond donors (Lipinski definition) is 1. The molecular formula is C13H15N3S. The van der Waals surface area contributed by atoms with E-state index >= 15 is 0 Å². The minimum absolute atomic E-state index is 0.754. The summed E-state index contributed by atoms with van der Waals surface area (Å²) >= 11 is 1.72. The van der Waals surface area contributed by atoms with Gasteiger partial charge in [-0.2, -0.15) is 0 Å². The summed E-state index contributed by atoms with van der Waals surface area (Å²) in [5, 5.41) is 3.34. The molecule has 0 saturated heterocycles. The van der Waals surface area contributed by atoms with Crippen molar-refractivity contribution < 1.29 is 0 Å². The summed E-state index contributed by atoms with van der Waals surface area (Å²) in [6.07, 6.45) is 7.64. The molecule has 3 nitrogen and oxygen atoms in total. The number of benzene rings is 1. The predicted octanol–water partition coefficient (Wildman–Crippen LogP) is 3.53. The summed E-state index contributed by atoms with van der Waals surface area (Å²) in [5.41, 5.74) is 1.08. The molecule has 0 unspecified atom stereocenters. The Morgan fingerprint density at radius 3 is 3.06 bits per heavy atom. The Bertz CT molecular complexity index is 505. The fourth-order valence-corrected chi connectivity index (χ4v) is 2.14. The Labute approximate surface area is 106 Å². The summed E-state index contributed by atoms with van der Waals surface area (Å²) in [7, 11) is 0. The van der Waals surface area contributed by atoms with Crippen LogP contribution in [0.25, 0.3) is 0 Å². The van der Waals surface area contributed by atoms with Crippen LogP contribution < -0.4 is 5.32 Å². The average Bonchev–Trinajstić information content (AvgIpc) is 2.78. The highest BCUT2D eigenvalue weighted by Gasteiger charge is 2.04. The second-order valence-corrected chi connectivity index (χ2v) is 4.37. The second kappa shape index (κ2) is 5.59. The van der Waals surface area contributed by atoms with E-state index in [1.54, 1.807) is 18.0 Å². The number of allylic oxidation sites excluding steroid dienone is 1. The molecule has 0 aliphatic heterocycles. The molecule has 0 fully saturated rings. The van der Waals surface area contributed by atoms with Crippen LogP contribution in [-0.2, 0) is 6.54 Å². The van der Waals surface area contributed by atoms with Crippen LogP contribution >= 0.6 is 11.8 Å². The van der Waals surface area contributed by atoms with Gasteiger partial charge < -0.3 is 9.88 Å². The van der Waals surface area contributed by atoms with Crippen molar-refractivity contribution in [2.45, 2.75) is 11.4 Å². The lowest BCUT2D eigenvalue weighted by Crippen LogP contribution is -2.02. The molecule has 0 amide bonds. The van der Waals surface area contributed by atoms with Gasteiger partial charge in [0.05, 0.1) is 5.69 Å². The van der Waals surface area contributed by atoms with Crippen LogP contribution in [-0.4, -0.2) is 15.8 Å². The molecule has 1 N–H and O–H groups in total. The van der Waals surface area contributed by atoms with Crippen molar-refractivity contribution in [2.24, 2.45) is 0 Å². The van der Waals surface area contributed by atoms with Crippen molar-refractivity contribution in [1.29, 1.82) is 0 Å². The van der Waals surface area contributed by atoms with Gasteiger partial charge in [-0.25, -0.2) is 4.98 Å². The van der Waals surface area contributed by atoms with Gasteiger partial charge in [-0.1, -0.05) is 18.2 Å². The molecule has 88 valence electrons. The van der Waals surface area contributed by atoms with Crippen molar-refractivity contribution in [2.75, 3.05) is 11.6 Å². The van der Waals surface area contributed by atoms with E-state index in [2.05, 4.69) is 35.3 Å². The molecule has 1 aromatic carbocycles. The summed E-state index contributed by atoms with van der Waals surface area (Å²) in [4.78, 5) is 5.51. The van der Waals surface area contributed by atoms with Gasteiger partial charge in [0.1, 0.15) is 0 Å². The highest BCUT2D eigenvalue weighted by Crippen LogP contribution is 2.27. The van der Waals surface area contributed by atoms with Gasteiger partial charge in [0.15, 0.2) is 0 Å². The standard InChI is InChI=1S/C13H15N3S/c1-3-9-16-10-8-14-13(16)15-11-6-4-5-7-12(11)17-2/h3-8,10H,1,9H2,2H3,(H,14,15). The van der Waals surface area contributed by atoms with Crippen LogP contribution in [0.2, 0.25) is 0 Å². The van der Waals surface area contributed by atoms with Gasteiger partial charge in [0, 0.05) is 23.8 Å². The summed E-state index contributed by atoms with van der Waals surface area (Å²) in [6.45, 7) is 4.49. The third-order valence-electron chi connectivity index (χ3n) is 2.39. The Morgan fingerprint density at radius 2 is 2.29 bits per heavy atom. The van der Waals surface area contributed by atoms with E-state index in [-0.39, 0.29) is 0 Å². The molecule has 0 saturated carbocycles. The first-order valence-electron chi connectivity index (χ1n) is 5.37. The van der Waals surface area contributed by atoms with E-state index in [1.807, 2.05) is 29.0 Å². The molecule has 0 radical (unpaired) electrons. The smallest absolute Gasteiger partial charge is 0.207 e. The summed E-state index contributed by atoms with van der Waals surface area (Å²) in [5.74, 6) is 0.839. The van der Waals surface area contributed by atoms with Crippen molar-refractivity contribution in [1.82, 2.24) is 9.55 Å². The normalized spacial score (nSPS) is 10.2. The van der Waals surface area contributed by atoms with Crippen LogP contribution in [0.3, 0.4) is 0 Å². The topological polar surface area (TPSA) is 29.9 Å². The molecule has 4 heteroatoms. The molecule has 0 spiro atoms. The van der Waals surface area contributed by atoms with Crippen molar-refractivity contribution >= 4 is 23.4 Å². The number of thioether (sulfide) groups is 1. The van der Waals surface area contributed by atoms with E-state index in [1.165, 1.54) is 4.90 Å². The Balaban J connectivity index is 2.25. The van der Waals surface area contributed by atoms with Gasteiger partial charge >= 0.3 is 0 Å². The molecule has 17 heavy (non-hydrogen) atoms. The molecule has 2 aromatic rings. The van der Waals surface area contributed by atoms with Crippen LogP contribution in [0.4, 0.5) is 11.6 Å². The van der Waals surface area contributed by atoms with Crippen molar-refractivity contribution in [3.63, 3.8) is 0 Å². The van der Waals surface area contributed by atoms with E-state index in [0.717, 1.165) is 18.2 Å². The molecule has 0 atom stereocenters. The number of aromatic nitrogens is 2. The summed E-state index contributed by atoms with van der Waals surface area (Å²) in [6, 6.07) is 8.20. The lowest BCUT2D eigenvalue weighted by atomic mass is 10.3. The Hall–Kier alpha value is -1.68. The number of imidazole rings is 1. The van der Waals surface area contributed by atoms with Gasteiger partial charge in [-0.05, 0) is 18.4 Å². The second-order valence-electron chi connectivity index (χ2n) is 3.52. The predicted molar refractivity (Wildman–Crippen MR) is 73.9 cm³/mol. The maximum Gasteiger partial charge on any atom is 0.207 e. The molecule has 1 heterocycles. The molecular weight excluding hydrogens is 230 g/mol. The quantitative estimate of drug-likeness (QED) is 0.645. The molecule has 1 aromatic heterocycles. The Kier molecular flexibility index (Phi) is 3.88. The van der Waals surface area contributed by atoms with Gasteiger partial charge in [0.2, 0.25) is 5.95 Å². The summed E-state index contributed by atoms with van der Waals surface area (Å²) < 4.78 is 2.02. The first-order valence-corrected chi connectivity index (χ1v) is 6.59. The van der Waals surface area contributed by atoms with Crippen LogP contribution in [0, 0.1) is 0 Å². The minimum Gasteiger partial charge on any atom is -0.325 e. The Morgan fingerprint density at radius 1 is 1.47 bits per heavy atom. The monoisotopic (exact) mass is 245 g/mol. The van der Waals surface area contributed by atoms with Gasteiger partial charge in [-0.3, -0.25) is 0 Å². The average molecular weight is 245 g/mol. The molecule has 0 bridgehead atoms. The zero-order chi connectivity index (χ0) is 12.1. The lowest BCUT2D eigenvalue weighted by Gasteiger charge is -2.10. The fraction of sp³-hybridized carbons (Fsp3) is 0.154. The zero-order valence-corrected chi connectivity index (χ0v) is 10.6. The van der Waals surface area contributed by atoms with Crippen LogP contribution in [0.15, 0.2) is 54.2 Å². The maximum atomic E-state index is 4.30. The number of rotatable bonds is 5. The highest BCUT2D eigenvalue weighted by molar-refractivity contribution is 7.98. The maximum absolute atomic E-state index is 4.30. The fourth-order valence-electron chi connectivity index (χ4n) is 1.59. The van der Waals surface area contributed by atoms with Gasteiger partial charge in [-0.15, -0.1) is 18.3 Å². The van der Waals surface area contributed by atoms with Gasteiger partial charge in [0.25, 0.3) is 0 Å². The van der Waals surface area contributed by atoms with Crippen LogP contribution in [0.5, 0.6) is 0 Å². The highest BCUT2D eigenvalue weighted by atomic mass is 32.2. The van der Waals surface area contributed by atoms with E-state index in [0.29, 0.717) is 0 Å². The van der Waals surface area contributed by atoms with E-state index in [4.69, 9.17) is 0 Å².